The summed E-state index contributed by atoms with van der Waals surface area (Å²) in [5.41, 5.74) is 7.94. The molecule has 1 fully saturated rings. The standard InChI is InChI=1S/C10H14N2/c1-8-6-7-12(8)10-5-3-2-4-9(10)11/h2-5,8H,6-7,11H2,1H3. The third-order valence-electron chi connectivity index (χ3n) is 2.57. The van der Waals surface area contributed by atoms with Crippen LogP contribution in [-0.2, 0) is 0 Å². The smallest absolute Gasteiger partial charge is 0.0602 e. The Morgan fingerprint density at radius 2 is 2.17 bits per heavy atom. The first-order chi connectivity index (χ1) is 5.79. The molecule has 0 radical (unpaired) electrons. The van der Waals surface area contributed by atoms with Gasteiger partial charge in [0.25, 0.3) is 0 Å². The van der Waals surface area contributed by atoms with Crippen molar-refractivity contribution >= 4 is 11.4 Å². The molecule has 1 heterocycles. The fraction of sp³-hybridized carbons (Fsp3) is 0.400. The second kappa shape index (κ2) is 2.70. The summed E-state index contributed by atoms with van der Waals surface area (Å²) < 4.78 is 0. The number of nitrogens with zero attached hydrogens (tertiary/aromatic N) is 1. The summed E-state index contributed by atoms with van der Waals surface area (Å²) in [4.78, 5) is 2.34. The molecule has 2 heteroatoms. The van der Waals surface area contributed by atoms with E-state index in [4.69, 9.17) is 5.73 Å². The fourth-order valence-electron chi connectivity index (χ4n) is 1.62. The Morgan fingerprint density at radius 3 is 2.67 bits per heavy atom. The number of nitrogens with two attached hydrogens (primary N) is 1. The maximum absolute atomic E-state index is 5.85. The molecule has 2 N–H and O–H groups in total. The van der Waals surface area contributed by atoms with Crippen LogP contribution in [0.25, 0.3) is 0 Å². The minimum Gasteiger partial charge on any atom is -0.397 e. The maximum Gasteiger partial charge on any atom is 0.0602 e. The van der Waals surface area contributed by atoms with Crippen LogP contribution in [0.1, 0.15) is 13.3 Å². The van der Waals surface area contributed by atoms with Gasteiger partial charge in [-0.15, -0.1) is 0 Å². The molecule has 2 rings (SSSR count). The van der Waals surface area contributed by atoms with Gasteiger partial charge >= 0.3 is 0 Å². The van der Waals surface area contributed by atoms with Crippen LogP contribution in [0.3, 0.4) is 0 Å². The summed E-state index contributed by atoms with van der Waals surface area (Å²) in [5.74, 6) is 0. The SMILES string of the molecule is CC1CCN1c1ccccc1N. The fourth-order valence-corrected chi connectivity index (χ4v) is 1.62. The molecule has 0 aromatic heterocycles. The topological polar surface area (TPSA) is 29.3 Å². The first kappa shape index (κ1) is 7.47. The molecule has 1 atom stereocenters. The number of benzene rings is 1. The molecule has 1 aromatic rings. The predicted octanol–water partition coefficient (Wildman–Crippen LogP) is 1.87. The van der Waals surface area contributed by atoms with Crippen LogP contribution in [-0.4, -0.2) is 12.6 Å². The molecule has 0 amide bonds. The molecular weight excluding hydrogens is 148 g/mol. The predicted molar refractivity (Wildman–Crippen MR) is 52.3 cm³/mol. The first-order valence-electron chi connectivity index (χ1n) is 4.40. The maximum atomic E-state index is 5.85. The van der Waals surface area contributed by atoms with Gasteiger partial charge in [-0.1, -0.05) is 12.1 Å². The summed E-state index contributed by atoms with van der Waals surface area (Å²) in [6.45, 7) is 3.38. The minimum absolute atomic E-state index is 0.662. The van der Waals surface area contributed by atoms with E-state index in [0.717, 1.165) is 12.2 Å². The number of para-hydroxylation sites is 2. The van der Waals surface area contributed by atoms with Crippen LogP contribution in [0, 0.1) is 0 Å². The van der Waals surface area contributed by atoms with Gasteiger partial charge in [0.05, 0.1) is 11.4 Å². The van der Waals surface area contributed by atoms with E-state index in [1.54, 1.807) is 0 Å². The van der Waals surface area contributed by atoms with E-state index >= 15 is 0 Å². The van der Waals surface area contributed by atoms with Crippen LogP contribution >= 0.6 is 0 Å². The molecule has 0 aliphatic carbocycles. The molecule has 1 saturated heterocycles. The quantitative estimate of drug-likeness (QED) is 0.639. The molecule has 1 aromatic carbocycles. The minimum atomic E-state index is 0.662. The second-order valence-corrected chi connectivity index (χ2v) is 3.39. The molecule has 1 aliphatic heterocycles. The Kier molecular flexibility index (Phi) is 1.68. The number of anilines is 2. The van der Waals surface area contributed by atoms with E-state index in [0.29, 0.717) is 6.04 Å². The highest BCUT2D eigenvalue weighted by molar-refractivity contribution is 5.68. The average molecular weight is 162 g/mol. The van der Waals surface area contributed by atoms with Crippen molar-refractivity contribution in [2.75, 3.05) is 17.2 Å². The molecule has 64 valence electrons. The number of hydrogen-bond acceptors (Lipinski definition) is 2. The van der Waals surface area contributed by atoms with Crippen molar-refractivity contribution in [1.82, 2.24) is 0 Å². The van der Waals surface area contributed by atoms with E-state index < -0.39 is 0 Å². The number of nitrogen functional groups attached to an aromatic ring is 1. The van der Waals surface area contributed by atoms with E-state index in [9.17, 15) is 0 Å². The monoisotopic (exact) mass is 162 g/mol. The van der Waals surface area contributed by atoms with E-state index in [-0.39, 0.29) is 0 Å². The average Bonchev–Trinajstić information content (AvgIpc) is 2.06. The molecular formula is C10H14N2. The van der Waals surface area contributed by atoms with Gasteiger partial charge in [0, 0.05) is 12.6 Å². The summed E-state index contributed by atoms with van der Waals surface area (Å²) in [6.07, 6.45) is 1.29. The summed E-state index contributed by atoms with van der Waals surface area (Å²) in [7, 11) is 0. The largest absolute Gasteiger partial charge is 0.397 e. The zero-order valence-corrected chi connectivity index (χ0v) is 7.33. The Morgan fingerprint density at radius 1 is 1.42 bits per heavy atom. The van der Waals surface area contributed by atoms with Gasteiger partial charge in [-0.3, -0.25) is 0 Å². The highest BCUT2D eigenvalue weighted by Crippen LogP contribution is 2.30. The van der Waals surface area contributed by atoms with Crippen molar-refractivity contribution in [2.24, 2.45) is 0 Å². The molecule has 1 aliphatic rings. The van der Waals surface area contributed by atoms with Crippen LogP contribution < -0.4 is 10.6 Å². The Balaban J connectivity index is 2.27. The summed E-state index contributed by atoms with van der Waals surface area (Å²) in [5, 5.41) is 0. The van der Waals surface area contributed by atoms with Gasteiger partial charge in [-0.2, -0.15) is 0 Å². The van der Waals surface area contributed by atoms with Crippen LogP contribution in [0.15, 0.2) is 24.3 Å². The van der Waals surface area contributed by atoms with Crippen molar-refractivity contribution in [2.45, 2.75) is 19.4 Å². The van der Waals surface area contributed by atoms with Gasteiger partial charge in [-0.05, 0) is 25.5 Å². The van der Waals surface area contributed by atoms with Crippen LogP contribution in [0.4, 0.5) is 11.4 Å². The highest BCUT2D eigenvalue weighted by atomic mass is 15.2. The van der Waals surface area contributed by atoms with Crippen LogP contribution in [0.5, 0.6) is 0 Å². The number of hydrogen-bond donors (Lipinski definition) is 1. The van der Waals surface area contributed by atoms with Crippen molar-refractivity contribution in [3.63, 3.8) is 0 Å². The zero-order chi connectivity index (χ0) is 8.55. The normalized spacial score (nSPS) is 22.1. The van der Waals surface area contributed by atoms with Gasteiger partial charge in [-0.25, -0.2) is 0 Å². The highest BCUT2D eigenvalue weighted by Gasteiger charge is 2.24. The molecule has 0 bridgehead atoms. The van der Waals surface area contributed by atoms with Crippen molar-refractivity contribution in [3.8, 4) is 0 Å². The Labute approximate surface area is 73.0 Å². The lowest BCUT2D eigenvalue weighted by Crippen LogP contribution is -2.46. The Hall–Kier alpha value is -1.18. The van der Waals surface area contributed by atoms with Gasteiger partial charge in [0.1, 0.15) is 0 Å². The van der Waals surface area contributed by atoms with Crippen LogP contribution in [0.2, 0.25) is 0 Å². The third kappa shape index (κ3) is 1.04. The van der Waals surface area contributed by atoms with E-state index in [1.807, 2.05) is 18.2 Å². The van der Waals surface area contributed by atoms with Crippen molar-refractivity contribution < 1.29 is 0 Å². The lowest BCUT2D eigenvalue weighted by molar-refractivity contribution is 0.482. The number of rotatable bonds is 1. The van der Waals surface area contributed by atoms with Crippen molar-refractivity contribution in [1.29, 1.82) is 0 Å². The van der Waals surface area contributed by atoms with Gasteiger partial charge in [0.2, 0.25) is 0 Å². The van der Waals surface area contributed by atoms with E-state index in [2.05, 4.69) is 17.9 Å². The molecule has 2 nitrogen and oxygen atoms in total. The molecule has 0 spiro atoms. The third-order valence-corrected chi connectivity index (χ3v) is 2.57. The second-order valence-electron chi connectivity index (χ2n) is 3.39. The molecule has 1 unspecified atom stereocenters. The Bertz CT molecular complexity index is 283. The van der Waals surface area contributed by atoms with Gasteiger partial charge < -0.3 is 10.6 Å². The van der Waals surface area contributed by atoms with Gasteiger partial charge in [0.15, 0.2) is 0 Å². The van der Waals surface area contributed by atoms with Crippen molar-refractivity contribution in [3.05, 3.63) is 24.3 Å². The zero-order valence-electron chi connectivity index (χ0n) is 7.33. The first-order valence-corrected chi connectivity index (χ1v) is 4.40. The molecule has 0 saturated carbocycles. The lowest BCUT2D eigenvalue weighted by atomic mass is 10.0. The van der Waals surface area contributed by atoms with E-state index in [1.165, 1.54) is 12.1 Å². The summed E-state index contributed by atoms with van der Waals surface area (Å²) in [6, 6.07) is 8.72. The summed E-state index contributed by atoms with van der Waals surface area (Å²) >= 11 is 0. The molecule has 12 heavy (non-hydrogen) atoms. The lowest BCUT2D eigenvalue weighted by Gasteiger charge is -2.41.